The van der Waals surface area contributed by atoms with Crippen molar-refractivity contribution in [1.82, 2.24) is 4.90 Å². The average Bonchev–Trinajstić information content (AvgIpc) is 3.02. The Balaban J connectivity index is 1.61. The van der Waals surface area contributed by atoms with E-state index in [2.05, 4.69) is 78.2 Å². The molecule has 2 aromatic carbocycles. The van der Waals surface area contributed by atoms with E-state index in [0.717, 1.165) is 12.6 Å². The molecule has 0 spiro atoms. The summed E-state index contributed by atoms with van der Waals surface area (Å²) in [6.07, 6.45) is 5.26. The van der Waals surface area contributed by atoms with Crippen LogP contribution in [0.5, 0.6) is 0 Å². The van der Waals surface area contributed by atoms with Crippen molar-refractivity contribution in [1.29, 1.82) is 0 Å². The number of unbranched alkanes of at least 4 members (excludes halogenated alkanes) is 1. The standard InChI is InChI=1S/C22H30N2/c1-19-12-14-22(15-13-19)24(21-10-4-3-5-11-21)18-7-6-16-23-17-8-9-20(23)2/h3-5,10-15,20H,6-9,16-18H2,1-2H3. The summed E-state index contributed by atoms with van der Waals surface area (Å²) in [4.78, 5) is 5.10. The number of nitrogens with zero attached hydrogens (tertiary/aromatic N) is 2. The van der Waals surface area contributed by atoms with Gasteiger partial charge >= 0.3 is 0 Å². The predicted molar refractivity (Wildman–Crippen MR) is 104 cm³/mol. The molecule has 1 atom stereocenters. The van der Waals surface area contributed by atoms with Crippen LogP contribution in [0.1, 0.15) is 38.2 Å². The minimum absolute atomic E-state index is 0.785. The van der Waals surface area contributed by atoms with Gasteiger partial charge in [-0.1, -0.05) is 35.9 Å². The molecule has 0 aliphatic carbocycles. The van der Waals surface area contributed by atoms with Crippen LogP contribution in [0.25, 0.3) is 0 Å². The number of para-hydroxylation sites is 1. The van der Waals surface area contributed by atoms with Crippen LogP contribution in [0.2, 0.25) is 0 Å². The Kier molecular flexibility index (Phi) is 5.92. The van der Waals surface area contributed by atoms with Gasteiger partial charge < -0.3 is 9.80 Å². The van der Waals surface area contributed by atoms with E-state index in [1.165, 1.54) is 55.7 Å². The van der Waals surface area contributed by atoms with Gasteiger partial charge in [-0.15, -0.1) is 0 Å². The lowest BCUT2D eigenvalue weighted by atomic mass is 10.1. The van der Waals surface area contributed by atoms with E-state index in [9.17, 15) is 0 Å². The Morgan fingerprint density at radius 1 is 0.958 bits per heavy atom. The Hall–Kier alpha value is -1.80. The third-order valence-corrected chi connectivity index (χ3v) is 5.18. The monoisotopic (exact) mass is 322 g/mol. The highest BCUT2D eigenvalue weighted by Crippen LogP contribution is 2.26. The summed E-state index contributed by atoms with van der Waals surface area (Å²) < 4.78 is 0. The van der Waals surface area contributed by atoms with Gasteiger partial charge in [0.25, 0.3) is 0 Å². The van der Waals surface area contributed by atoms with E-state index in [0.29, 0.717) is 0 Å². The molecule has 0 N–H and O–H groups in total. The number of hydrogen-bond acceptors (Lipinski definition) is 2. The molecular formula is C22H30N2. The summed E-state index contributed by atoms with van der Waals surface area (Å²) in [5, 5.41) is 0. The molecule has 1 aliphatic heterocycles. The quantitative estimate of drug-likeness (QED) is 0.630. The van der Waals surface area contributed by atoms with Crippen LogP contribution in [-0.4, -0.2) is 30.6 Å². The van der Waals surface area contributed by atoms with Crippen molar-refractivity contribution in [3.05, 3.63) is 60.2 Å². The lowest BCUT2D eigenvalue weighted by Gasteiger charge is -2.26. The van der Waals surface area contributed by atoms with Crippen molar-refractivity contribution in [2.24, 2.45) is 0 Å². The van der Waals surface area contributed by atoms with Crippen LogP contribution >= 0.6 is 0 Å². The highest BCUT2D eigenvalue weighted by molar-refractivity contribution is 5.63. The molecule has 2 heteroatoms. The largest absolute Gasteiger partial charge is 0.341 e. The first-order valence-electron chi connectivity index (χ1n) is 9.37. The molecule has 0 aromatic heterocycles. The molecule has 1 saturated heterocycles. The van der Waals surface area contributed by atoms with Crippen LogP contribution in [0.15, 0.2) is 54.6 Å². The number of anilines is 2. The normalized spacial score (nSPS) is 18.0. The van der Waals surface area contributed by atoms with Crippen LogP contribution in [0.4, 0.5) is 11.4 Å². The van der Waals surface area contributed by atoms with Gasteiger partial charge in [-0.2, -0.15) is 0 Å². The first-order valence-corrected chi connectivity index (χ1v) is 9.37. The third kappa shape index (κ3) is 4.39. The van der Waals surface area contributed by atoms with E-state index < -0.39 is 0 Å². The summed E-state index contributed by atoms with van der Waals surface area (Å²) >= 11 is 0. The predicted octanol–water partition coefficient (Wildman–Crippen LogP) is 5.40. The number of aryl methyl sites for hydroxylation is 1. The smallest absolute Gasteiger partial charge is 0.0410 e. The lowest BCUT2D eigenvalue weighted by Crippen LogP contribution is -2.28. The summed E-state index contributed by atoms with van der Waals surface area (Å²) in [7, 11) is 0. The average molecular weight is 322 g/mol. The Labute approximate surface area is 147 Å². The van der Waals surface area contributed by atoms with Crippen LogP contribution in [-0.2, 0) is 0 Å². The van der Waals surface area contributed by atoms with Crippen molar-refractivity contribution < 1.29 is 0 Å². The zero-order valence-electron chi connectivity index (χ0n) is 15.1. The Bertz CT molecular complexity index is 606. The topological polar surface area (TPSA) is 6.48 Å². The van der Waals surface area contributed by atoms with Gasteiger partial charge in [0.05, 0.1) is 0 Å². The summed E-state index contributed by atoms with van der Waals surface area (Å²) in [6.45, 7) is 8.14. The molecule has 2 nitrogen and oxygen atoms in total. The fourth-order valence-corrected chi connectivity index (χ4v) is 3.65. The van der Waals surface area contributed by atoms with Crippen LogP contribution in [0.3, 0.4) is 0 Å². The van der Waals surface area contributed by atoms with Gasteiger partial charge in [-0.05, 0) is 76.9 Å². The number of rotatable bonds is 7. The van der Waals surface area contributed by atoms with Gasteiger partial charge in [0.2, 0.25) is 0 Å². The lowest BCUT2D eigenvalue weighted by molar-refractivity contribution is 0.264. The van der Waals surface area contributed by atoms with Crippen molar-refractivity contribution >= 4 is 11.4 Å². The maximum absolute atomic E-state index is 2.65. The SMILES string of the molecule is Cc1ccc(N(CCCCN2CCCC2C)c2ccccc2)cc1. The first-order chi connectivity index (χ1) is 11.7. The van der Waals surface area contributed by atoms with Crippen LogP contribution < -0.4 is 4.90 Å². The molecule has 0 bridgehead atoms. The Morgan fingerprint density at radius 2 is 1.67 bits per heavy atom. The second kappa shape index (κ2) is 8.34. The molecular weight excluding hydrogens is 292 g/mol. The van der Waals surface area contributed by atoms with Gasteiger partial charge in [0.15, 0.2) is 0 Å². The van der Waals surface area contributed by atoms with Gasteiger partial charge in [-0.3, -0.25) is 0 Å². The molecule has 1 unspecified atom stereocenters. The van der Waals surface area contributed by atoms with Gasteiger partial charge in [0, 0.05) is 24.0 Å². The van der Waals surface area contributed by atoms with Crippen molar-refractivity contribution in [3.63, 3.8) is 0 Å². The molecule has 1 heterocycles. The molecule has 0 amide bonds. The molecule has 3 rings (SSSR count). The molecule has 0 saturated carbocycles. The molecule has 1 aliphatic rings. The zero-order valence-corrected chi connectivity index (χ0v) is 15.1. The van der Waals surface area contributed by atoms with E-state index in [1.807, 2.05) is 0 Å². The second-order valence-electron chi connectivity index (χ2n) is 7.06. The minimum atomic E-state index is 0.785. The van der Waals surface area contributed by atoms with E-state index in [4.69, 9.17) is 0 Å². The van der Waals surface area contributed by atoms with Crippen molar-refractivity contribution in [2.75, 3.05) is 24.5 Å². The van der Waals surface area contributed by atoms with E-state index >= 15 is 0 Å². The summed E-state index contributed by atoms with van der Waals surface area (Å²) in [5.41, 5.74) is 3.90. The van der Waals surface area contributed by atoms with E-state index in [-0.39, 0.29) is 0 Å². The zero-order chi connectivity index (χ0) is 16.8. The maximum atomic E-state index is 2.65. The number of benzene rings is 2. The highest BCUT2D eigenvalue weighted by atomic mass is 15.2. The van der Waals surface area contributed by atoms with Crippen molar-refractivity contribution in [2.45, 2.75) is 45.6 Å². The fourth-order valence-electron chi connectivity index (χ4n) is 3.65. The van der Waals surface area contributed by atoms with Crippen LogP contribution in [0, 0.1) is 6.92 Å². The van der Waals surface area contributed by atoms with E-state index in [1.54, 1.807) is 0 Å². The molecule has 1 fully saturated rings. The second-order valence-corrected chi connectivity index (χ2v) is 7.06. The van der Waals surface area contributed by atoms with Gasteiger partial charge in [0.1, 0.15) is 0 Å². The molecule has 24 heavy (non-hydrogen) atoms. The fraction of sp³-hybridized carbons (Fsp3) is 0.455. The third-order valence-electron chi connectivity index (χ3n) is 5.18. The number of hydrogen-bond donors (Lipinski definition) is 0. The molecule has 128 valence electrons. The van der Waals surface area contributed by atoms with Gasteiger partial charge in [-0.25, -0.2) is 0 Å². The molecule has 2 aromatic rings. The Morgan fingerprint density at radius 3 is 2.33 bits per heavy atom. The minimum Gasteiger partial charge on any atom is -0.341 e. The molecule has 0 radical (unpaired) electrons. The number of likely N-dealkylation sites (tertiary alicyclic amines) is 1. The summed E-state index contributed by atoms with van der Waals surface area (Å²) in [6, 6.07) is 20.4. The maximum Gasteiger partial charge on any atom is 0.0410 e. The van der Waals surface area contributed by atoms with Crippen molar-refractivity contribution in [3.8, 4) is 0 Å². The first kappa shape index (κ1) is 17.0. The highest BCUT2D eigenvalue weighted by Gasteiger charge is 2.19. The summed E-state index contributed by atoms with van der Waals surface area (Å²) in [5.74, 6) is 0.